The molecule has 1 spiro atoms. The van der Waals surface area contributed by atoms with Gasteiger partial charge in [0.25, 0.3) is 0 Å². The van der Waals surface area contributed by atoms with Crippen molar-refractivity contribution in [3.05, 3.63) is 22.6 Å². The molecule has 1 saturated carbocycles. The summed E-state index contributed by atoms with van der Waals surface area (Å²) in [5.41, 5.74) is -1.70. The van der Waals surface area contributed by atoms with Gasteiger partial charge in [-0.05, 0) is 54.8 Å². The van der Waals surface area contributed by atoms with Gasteiger partial charge in [-0.2, -0.15) is 0 Å². The molecule has 114 valence electrons. The normalized spacial score (nSPS) is 27.7. The minimum atomic E-state index is -1.07. The van der Waals surface area contributed by atoms with Crippen LogP contribution in [0.25, 0.3) is 0 Å². The van der Waals surface area contributed by atoms with Crippen molar-refractivity contribution in [2.45, 2.75) is 52.1 Å². The SMILES string of the molecule is CC1(C)C(=O)O[C@@H](c2ccc(Br)o2)C2(CCCCC2)C1=O. The first-order chi connectivity index (χ1) is 9.88. The Balaban J connectivity index is 2.08. The minimum absolute atomic E-state index is 0.00322. The molecule has 1 atom stereocenters. The third-order valence-electron chi connectivity index (χ3n) is 4.86. The molecule has 3 rings (SSSR count). The van der Waals surface area contributed by atoms with Crippen LogP contribution in [-0.2, 0) is 14.3 Å². The van der Waals surface area contributed by atoms with E-state index in [2.05, 4.69) is 15.9 Å². The third kappa shape index (κ3) is 2.17. The molecule has 1 aromatic rings. The van der Waals surface area contributed by atoms with Crippen LogP contribution in [0.15, 0.2) is 21.2 Å². The average Bonchev–Trinajstić information content (AvgIpc) is 2.89. The number of carbonyl (C=O) groups is 2. The molecule has 4 nitrogen and oxygen atoms in total. The van der Waals surface area contributed by atoms with Gasteiger partial charge in [0.15, 0.2) is 16.6 Å². The highest BCUT2D eigenvalue weighted by atomic mass is 79.9. The molecule has 0 bridgehead atoms. The Morgan fingerprint density at radius 1 is 1.14 bits per heavy atom. The second-order valence-corrected chi connectivity index (χ2v) is 7.38. The Labute approximate surface area is 132 Å². The van der Waals surface area contributed by atoms with E-state index in [9.17, 15) is 9.59 Å². The van der Waals surface area contributed by atoms with Crippen molar-refractivity contribution in [1.29, 1.82) is 0 Å². The Morgan fingerprint density at radius 2 is 1.81 bits per heavy atom. The van der Waals surface area contributed by atoms with E-state index in [0.29, 0.717) is 10.4 Å². The van der Waals surface area contributed by atoms with Crippen molar-refractivity contribution in [3.8, 4) is 0 Å². The van der Waals surface area contributed by atoms with Crippen LogP contribution >= 0.6 is 15.9 Å². The number of carbonyl (C=O) groups excluding carboxylic acids is 2. The van der Waals surface area contributed by atoms with Crippen molar-refractivity contribution in [2.75, 3.05) is 0 Å². The van der Waals surface area contributed by atoms with E-state index >= 15 is 0 Å². The highest BCUT2D eigenvalue weighted by molar-refractivity contribution is 9.10. The maximum atomic E-state index is 13.1. The average molecular weight is 355 g/mol. The number of cyclic esters (lactones) is 1. The molecule has 1 aliphatic heterocycles. The lowest BCUT2D eigenvalue weighted by molar-refractivity contribution is -0.194. The molecule has 0 N–H and O–H groups in total. The van der Waals surface area contributed by atoms with Gasteiger partial charge in [0.05, 0.1) is 5.41 Å². The second kappa shape index (κ2) is 4.97. The van der Waals surface area contributed by atoms with Crippen LogP contribution in [0.5, 0.6) is 0 Å². The second-order valence-electron chi connectivity index (χ2n) is 6.60. The third-order valence-corrected chi connectivity index (χ3v) is 5.28. The number of ether oxygens (including phenoxy) is 1. The molecular formula is C16H19BrO4. The van der Waals surface area contributed by atoms with Gasteiger partial charge in [0.2, 0.25) is 0 Å². The maximum absolute atomic E-state index is 13.1. The summed E-state index contributed by atoms with van der Waals surface area (Å²) in [6, 6.07) is 3.55. The van der Waals surface area contributed by atoms with E-state index in [0.717, 1.165) is 32.1 Å². The largest absolute Gasteiger partial charge is 0.452 e. The van der Waals surface area contributed by atoms with Crippen molar-refractivity contribution in [2.24, 2.45) is 10.8 Å². The molecule has 0 amide bonds. The summed E-state index contributed by atoms with van der Waals surface area (Å²) in [6.07, 6.45) is 4.00. The first-order valence-electron chi connectivity index (χ1n) is 7.39. The first kappa shape index (κ1) is 14.8. The fourth-order valence-corrected chi connectivity index (χ4v) is 3.99. The zero-order valence-corrected chi connectivity index (χ0v) is 13.9. The van der Waals surface area contributed by atoms with Gasteiger partial charge < -0.3 is 9.15 Å². The molecule has 2 aliphatic rings. The van der Waals surface area contributed by atoms with Crippen LogP contribution in [0.3, 0.4) is 0 Å². The van der Waals surface area contributed by atoms with E-state index in [-0.39, 0.29) is 5.78 Å². The van der Waals surface area contributed by atoms with Crippen LogP contribution in [-0.4, -0.2) is 11.8 Å². The fraction of sp³-hybridized carbons (Fsp3) is 0.625. The van der Waals surface area contributed by atoms with Crippen LogP contribution in [0.1, 0.15) is 57.8 Å². The summed E-state index contributed by atoms with van der Waals surface area (Å²) in [4.78, 5) is 25.3. The quantitative estimate of drug-likeness (QED) is 0.560. The van der Waals surface area contributed by atoms with Crippen molar-refractivity contribution in [1.82, 2.24) is 0 Å². The van der Waals surface area contributed by atoms with E-state index in [1.165, 1.54) is 0 Å². The summed E-state index contributed by atoms with van der Waals surface area (Å²) in [7, 11) is 0. The predicted molar refractivity (Wildman–Crippen MR) is 79.5 cm³/mol. The van der Waals surface area contributed by atoms with Crippen molar-refractivity contribution in [3.63, 3.8) is 0 Å². The van der Waals surface area contributed by atoms with Crippen molar-refractivity contribution < 1.29 is 18.7 Å². The van der Waals surface area contributed by atoms with Gasteiger partial charge in [0, 0.05) is 0 Å². The Morgan fingerprint density at radius 3 is 2.38 bits per heavy atom. The molecule has 0 radical (unpaired) electrons. The van der Waals surface area contributed by atoms with Crippen molar-refractivity contribution >= 4 is 27.7 Å². The number of esters is 1. The monoisotopic (exact) mass is 354 g/mol. The van der Waals surface area contributed by atoms with Gasteiger partial charge in [-0.3, -0.25) is 9.59 Å². The molecule has 1 aromatic heterocycles. The Hall–Kier alpha value is -1.10. The first-order valence-corrected chi connectivity index (χ1v) is 8.18. The lowest BCUT2D eigenvalue weighted by Crippen LogP contribution is -2.55. The number of furan rings is 1. The van der Waals surface area contributed by atoms with Gasteiger partial charge in [-0.1, -0.05) is 19.3 Å². The van der Waals surface area contributed by atoms with Crippen LogP contribution in [0.4, 0.5) is 0 Å². The zero-order chi connectivity index (χ0) is 15.3. The molecule has 0 aromatic carbocycles. The molecule has 1 saturated heterocycles. The fourth-order valence-electron chi connectivity index (χ4n) is 3.67. The maximum Gasteiger partial charge on any atom is 0.319 e. The summed E-state index contributed by atoms with van der Waals surface area (Å²) >= 11 is 3.27. The van der Waals surface area contributed by atoms with Crippen LogP contribution in [0.2, 0.25) is 0 Å². The Kier molecular flexibility index (Phi) is 3.51. The summed E-state index contributed by atoms with van der Waals surface area (Å²) in [5.74, 6) is 0.102. The molecule has 0 unspecified atom stereocenters. The number of Topliss-reactive ketones (excluding diaryl/α,β-unsaturated/α-hetero) is 1. The van der Waals surface area contributed by atoms with Gasteiger partial charge >= 0.3 is 5.97 Å². The smallest absolute Gasteiger partial charge is 0.319 e. The van der Waals surface area contributed by atoms with Crippen LogP contribution in [0, 0.1) is 10.8 Å². The lowest BCUT2D eigenvalue weighted by atomic mass is 9.59. The lowest BCUT2D eigenvalue weighted by Gasteiger charge is -2.48. The number of ketones is 1. The van der Waals surface area contributed by atoms with E-state index in [4.69, 9.17) is 9.15 Å². The van der Waals surface area contributed by atoms with Gasteiger partial charge in [-0.25, -0.2) is 0 Å². The van der Waals surface area contributed by atoms with Crippen LogP contribution < -0.4 is 0 Å². The standard InChI is InChI=1S/C16H19BrO4/c1-15(2)13(18)16(8-4-3-5-9-16)12(21-14(15)19)10-6-7-11(17)20-10/h6-7,12H,3-5,8-9H2,1-2H3/t12-/m0/s1. The summed E-state index contributed by atoms with van der Waals surface area (Å²) in [6.45, 7) is 3.34. The molecule has 2 fully saturated rings. The summed E-state index contributed by atoms with van der Waals surface area (Å²) < 4.78 is 11.9. The minimum Gasteiger partial charge on any atom is -0.452 e. The number of halogens is 1. The highest BCUT2D eigenvalue weighted by Gasteiger charge is 2.61. The molecular weight excluding hydrogens is 336 g/mol. The number of hydrogen-bond acceptors (Lipinski definition) is 4. The van der Waals surface area contributed by atoms with E-state index in [1.807, 2.05) is 0 Å². The highest BCUT2D eigenvalue weighted by Crippen LogP contribution is 2.55. The number of rotatable bonds is 1. The molecule has 1 aliphatic carbocycles. The van der Waals surface area contributed by atoms with Gasteiger partial charge in [0.1, 0.15) is 11.2 Å². The molecule has 2 heterocycles. The van der Waals surface area contributed by atoms with E-state index < -0.39 is 22.9 Å². The zero-order valence-electron chi connectivity index (χ0n) is 12.3. The molecule has 21 heavy (non-hydrogen) atoms. The molecule has 5 heteroatoms. The van der Waals surface area contributed by atoms with Gasteiger partial charge in [-0.15, -0.1) is 0 Å². The summed E-state index contributed by atoms with van der Waals surface area (Å²) in [5, 5.41) is 0. The number of hydrogen-bond donors (Lipinski definition) is 0. The predicted octanol–water partition coefficient (Wildman–Crippen LogP) is 4.19. The Bertz CT molecular complexity index is 581. The van der Waals surface area contributed by atoms with E-state index in [1.54, 1.807) is 26.0 Å². The topological polar surface area (TPSA) is 56.5 Å².